The highest BCUT2D eigenvalue weighted by molar-refractivity contribution is 6.04. The quantitative estimate of drug-likeness (QED) is 0.809. The topological polar surface area (TPSA) is 80.4 Å². The van der Waals surface area contributed by atoms with Crippen molar-refractivity contribution < 1.29 is 9.59 Å². The van der Waals surface area contributed by atoms with Gasteiger partial charge in [-0.05, 0) is 37.9 Å². The van der Waals surface area contributed by atoms with E-state index in [-0.39, 0.29) is 18.4 Å². The van der Waals surface area contributed by atoms with Crippen LogP contribution in [0.25, 0.3) is 0 Å². The van der Waals surface area contributed by atoms with Crippen LogP contribution in [0.5, 0.6) is 0 Å². The lowest BCUT2D eigenvalue weighted by molar-refractivity contribution is -0.121. The number of carbonyl (C=O) groups excluding carboxylic acids is 2. The first-order valence-electron chi connectivity index (χ1n) is 6.91. The lowest BCUT2D eigenvalue weighted by Crippen LogP contribution is -2.41. The van der Waals surface area contributed by atoms with Crippen molar-refractivity contribution in [1.29, 1.82) is 0 Å². The van der Waals surface area contributed by atoms with E-state index in [1.54, 1.807) is 29.9 Å². The zero-order valence-electron chi connectivity index (χ0n) is 12.0. The molecule has 6 heteroatoms. The number of rotatable bonds is 4. The second kappa shape index (κ2) is 6.19. The van der Waals surface area contributed by atoms with Gasteiger partial charge in [-0.2, -0.15) is 0 Å². The Morgan fingerprint density at radius 2 is 2.25 bits per heavy atom. The second-order valence-corrected chi connectivity index (χ2v) is 5.50. The van der Waals surface area contributed by atoms with Crippen molar-refractivity contribution in [3.63, 3.8) is 0 Å². The fourth-order valence-corrected chi connectivity index (χ4v) is 2.72. The number of hydrogen-bond acceptors (Lipinski definition) is 4. The third-order valence-corrected chi connectivity index (χ3v) is 3.90. The molecule has 1 aromatic rings. The molecule has 0 aliphatic carbocycles. The number of nitrogens with zero attached hydrogens (tertiary/aromatic N) is 2. The molecule has 2 unspecified atom stereocenters. The molecule has 0 aromatic carbocycles. The van der Waals surface area contributed by atoms with E-state index in [0.29, 0.717) is 24.2 Å². The molecule has 3 N–H and O–H groups in total. The van der Waals surface area contributed by atoms with Crippen LogP contribution in [-0.2, 0) is 11.8 Å². The SMILES string of the molecule is CC1CC(CN)CN1CC(=O)NC(=O)c1cccn1C. The molecule has 2 atom stereocenters. The summed E-state index contributed by atoms with van der Waals surface area (Å²) < 4.78 is 1.69. The van der Waals surface area contributed by atoms with Gasteiger partial charge in [0.1, 0.15) is 5.69 Å². The minimum absolute atomic E-state index is 0.244. The summed E-state index contributed by atoms with van der Waals surface area (Å²) in [5.74, 6) is -0.174. The average Bonchev–Trinajstić information content (AvgIpc) is 2.96. The third kappa shape index (κ3) is 3.26. The number of nitrogens with two attached hydrogens (primary N) is 1. The summed E-state index contributed by atoms with van der Waals surface area (Å²) in [6.07, 6.45) is 2.78. The monoisotopic (exact) mass is 278 g/mol. The number of aromatic nitrogens is 1. The number of carbonyl (C=O) groups is 2. The summed E-state index contributed by atoms with van der Waals surface area (Å²) in [7, 11) is 1.77. The summed E-state index contributed by atoms with van der Waals surface area (Å²) in [4.78, 5) is 25.9. The van der Waals surface area contributed by atoms with Gasteiger partial charge in [-0.15, -0.1) is 0 Å². The normalized spacial score (nSPS) is 22.9. The van der Waals surface area contributed by atoms with Crippen LogP contribution >= 0.6 is 0 Å². The van der Waals surface area contributed by atoms with Crippen molar-refractivity contribution in [1.82, 2.24) is 14.8 Å². The van der Waals surface area contributed by atoms with Gasteiger partial charge in [-0.1, -0.05) is 0 Å². The largest absolute Gasteiger partial charge is 0.347 e. The molecule has 1 aliphatic rings. The minimum Gasteiger partial charge on any atom is -0.347 e. The summed E-state index contributed by atoms with van der Waals surface area (Å²) in [5.41, 5.74) is 6.15. The zero-order chi connectivity index (χ0) is 14.7. The number of aryl methyl sites for hydroxylation is 1. The smallest absolute Gasteiger partial charge is 0.274 e. The minimum atomic E-state index is -0.357. The Balaban J connectivity index is 1.87. The molecule has 110 valence electrons. The maximum Gasteiger partial charge on any atom is 0.274 e. The molecule has 0 spiro atoms. The Kier molecular flexibility index (Phi) is 4.57. The van der Waals surface area contributed by atoms with E-state index in [9.17, 15) is 9.59 Å². The van der Waals surface area contributed by atoms with Gasteiger partial charge in [0.05, 0.1) is 6.54 Å². The molecular formula is C14H22N4O2. The second-order valence-electron chi connectivity index (χ2n) is 5.50. The molecule has 0 saturated carbocycles. The average molecular weight is 278 g/mol. The molecule has 1 fully saturated rings. The summed E-state index contributed by atoms with van der Waals surface area (Å²) in [6, 6.07) is 3.79. The van der Waals surface area contributed by atoms with E-state index in [1.807, 2.05) is 0 Å². The first kappa shape index (κ1) is 14.7. The van der Waals surface area contributed by atoms with Gasteiger partial charge in [0.25, 0.3) is 5.91 Å². The van der Waals surface area contributed by atoms with E-state index in [0.717, 1.165) is 13.0 Å². The lowest BCUT2D eigenvalue weighted by atomic mass is 10.1. The summed E-state index contributed by atoms with van der Waals surface area (Å²) in [5, 5.41) is 2.43. The highest BCUT2D eigenvalue weighted by atomic mass is 16.2. The molecule has 0 radical (unpaired) electrons. The molecule has 2 heterocycles. The Morgan fingerprint density at radius 1 is 1.50 bits per heavy atom. The maximum atomic E-state index is 11.9. The third-order valence-electron chi connectivity index (χ3n) is 3.90. The molecule has 1 aromatic heterocycles. The predicted octanol–water partition coefficient (Wildman–Crippen LogP) is -0.0494. The first-order chi connectivity index (χ1) is 9.51. The number of imide groups is 1. The van der Waals surface area contributed by atoms with Crippen LogP contribution in [0.1, 0.15) is 23.8 Å². The van der Waals surface area contributed by atoms with E-state index in [2.05, 4.69) is 17.1 Å². The van der Waals surface area contributed by atoms with Gasteiger partial charge in [0.2, 0.25) is 5.91 Å². The van der Waals surface area contributed by atoms with Gasteiger partial charge >= 0.3 is 0 Å². The standard InChI is InChI=1S/C14H22N4O2/c1-10-6-11(7-15)8-18(10)9-13(19)16-14(20)12-4-3-5-17(12)2/h3-5,10-11H,6-9,15H2,1-2H3,(H,16,19,20). The van der Waals surface area contributed by atoms with Crippen LogP contribution in [0, 0.1) is 5.92 Å². The van der Waals surface area contributed by atoms with Crippen LogP contribution in [0.4, 0.5) is 0 Å². The van der Waals surface area contributed by atoms with Crippen LogP contribution in [-0.4, -0.2) is 47.0 Å². The Bertz CT molecular complexity index is 497. The van der Waals surface area contributed by atoms with Crippen molar-refractivity contribution >= 4 is 11.8 Å². The van der Waals surface area contributed by atoms with Gasteiger partial charge in [-0.3, -0.25) is 19.8 Å². The number of likely N-dealkylation sites (tertiary alicyclic amines) is 1. The maximum absolute atomic E-state index is 11.9. The van der Waals surface area contributed by atoms with Crippen LogP contribution < -0.4 is 11.1 Å². The van der Waals surface area contributed by atoms with Gasteiger partial charge < -0.3 is 10.3 Å². The van der Waals surface area contributed by atoms with Crippen molar-refractivity contribution in [3.8, 4) is 0 Å². The molecular weight excluding hydrogens is 256 g/mol. The van der Waals surface area contributed by atoms with E-state index >= 15 is 0 Å². The molecule has 2 amide bonds. The van der Waals surface area contributed by atoms with Crippen molar-refractivity contribution in [2.45, 2.75) is 19.4 Å². The van der Waals surface area contributed by atoms with Crippen molar-refractivity contribution in [3.05, 3.63) is 24.0 Å². The molecule has 6 nitrogen and oxygen atoms in total. The summed E-state index contributed by atoms with van der Waals surface area (Å²) >= 11 is 0. The Labute approximate surface area is 118 Å². The van der Waals surface area contributed by atoms with Crippen LogP contribution in [0.2, 0.25) is 0 Å². The molecule has 1 saturated heterocycles. The van der Waals surface area contributed by atoms with E-state index in [1.165, 1.54) is 0 Å². The predicted molar refractivity (Wildman–Crippen MR) is 76.1 cm³/mol. The highest BCUT2D eigenvalue weighted by Gasteiger charge is 2.29. The Hall–Kier alpha value is -1.66. The Morgan fingerprint density at radius 3 is 2.80 bits per heavy atom. The molecule has 2 rings (SSSR count). The van der Waals surface area contributed by atoms with Gasteiger partial charge in [-0.25, -0.2) is 0 Å². The van der Waals surface area contributed by atoms with Gasteiger partial charge in [0, 0.05) is 25.8 Å². The zero-order valence-corrected chi connectivity index (χ0v) is 12.0. The fourth-order valence-electron chi connectivity index (χ4n) is 2.72. The van der Waals surface area contributed by atoms with E-state index in [4.69, 9.17) is 5.73 Å². The van der Waals surface area contributed by atoms with Crippen LogP contribution in [0.3, 0.4) is 0 Å². The summed E-state index contributed by atoms with van der Waals surface area (Å²) in [6.45, 7) is 3.80. The van der Waals surface area contributed by atoms with Crippen LogP contribution in [0.15, 0.2) is 18.3 Å². The fraction of sp³-hybridized carbons (Fsp3) is 0.571. The number of amides is 2. The molecule has 0 bridgehead atoms. The molecule has 1 aliphatic heterocycles. The lowest BCUT2D eigenvalue weighted by Gasteiger charge is -2.19. The highest BCUT2D eigenvalue weighted by Crippen LogP contribution is 2.21. The van der Waals surface area contributed by atoms with Gasteiger partial charge in [0.15, 0.2) is 0 Å². The van der Waals surface area contributed by atoms with Crippen molar-refractivity contribution in [2.24, 2.45) is 18.7 Å². The molecule has 20 heavy (non-hydrogen) atoms. The number of hydrogen-bond donors (Lipinski definition) is 2. The first-order valence-corrected chi connectivity index (χ1v) is 6.91. The number of nitrogens with one attached hydrogen (secondary N) is 1. The van der Waals surface area contributed by atoms with E-state index < -0.39 is 0 Å². The van der Waals surface area contributed by atoms with Crippen molar-refractivity contribution in [2.75, 3.05) is 19.6 Å².